The molecule has 1 aliphatic heterocycles. The molecule has 2 aromatic carbocycles. The van der Waals surface area contributed by atoms with Crippen LogP contribution < -0.4 is 5.32 Å². The number of rotatable bonds is 3. The van der Waals surface area contributed by atoms with Crippen molar-refractivity contribution >= 4 is 35.9 Å². The van der Waals surface area contributed by atoms with E-state index in [1.165, 1.54) is 0 Å². The third-order valence-electron chi connectivity index (χ3n) is 4.54. The van der Waals surface area contributed by atoms with Crippen LogP contribution in [-0.2, 0) is 0 Å². The number of likely N-dealkylation sites (tertiary alicyclic amines) is 1. The van der Waals surface area contributed by atoms with Crippen molar-refractivity contribution in [1.82, 2.24) is 4.90 Å². The molecule has 0 bridgehead atoms. The minimum absolute atomic E-state index is 0.0249. The zero-order valence-corrected chi connectivity index (χ0v) is 15.3. The lowest BCUT2D eigenvalue weighted by Crippen LogP contribution is -2.27. The Balaban J connectivity index is 1.96. The molecular weight excluding hydrogens is 350 g/mol. The van der Waals surface area contributed by atoms with Crippen LogP contribution in [0.15, 0.2) is 41.4 Å². The normalized spacial score (nSPS) is 13.5. The molecule has 1 saturated heterocycles. The SMILES string of the molecule is C=NC(=O)Nc1cc(-c2cc(C(=O)N3CCCC3)ccc2Cl)ccc1C. The highest BCUT2D eigenvalue weighted by Crippen LogP contribution is 2.32. The van der Waals surface area contributed by atoms with E-state index in [4.69, 9.17) is 11.6 Å². The molecule has 3 amide bonds. The molecule has 0 aliphatic carbocycles. The van der Waals surface area contributed by atoms with Crippen molar-refractivity contribution in [2.45, 2.75) is 19.8 Å². The second kappa shape index (κ2) is 7.70. The first-order chi connectivity index (χ1) is 12.5. The largest absolute Gasteiger partial charge is 0.344 e. The number of carbonyl (C=O) groups excluding carboxylic acids is 2. The maximum Gasteiger partial charge on any atom is 0.344 e. The number of aryl methyl sites for hydroxylation is 1. The fourth-order valence-electron chi connectivity index (χ4n) is 3.06. The number of hydrogen-bond donors (Lipinski definition) is 1. The molecule has 0 radical (unpaired) electrons. The highest BCUT2D eigenvalue weighted by atomic mass is 35.5. The molecule has 0 unspecified atom stereocenters. The number of hydrogen-bond acceptors (Lipinski definition) is 2. The maximum absolute atomic E-state index is 12.7. The van der Waals surface area contributed by atoms with E-state index < -0.39 is 6.03 Å². The summed E-state index contributed by atoms with van der Waals surface area (Å²) in [6, 6.07) is 10.4. The van der Waals surface area contributed by atoms with Gasteiger partial charge in [0.1, 0.15) is 0 Å². The van der Waals surface area contributed by atoms with Gasteiger partial charge in [0.2, 0.25) is 0 Å². The molecule has 1 fully saturated rings. The Kier molecular flexibility index (Phi) is 5.38. The highest BCUT2D eigenvalue weighted by Gasteiger charge is 2.20. The van der Waals surface area contributed by atoms with E-state index in [0.29, 0.717) is 16.3 Å². The van der Waals surface area contributed by atoms with Crippen molar-refractivity contribution < 1.29 is 9.59 Å². The maximum atomic E-state index is 12.7. The van der Waals surface area contributed by atoms with E-state index in [2.05, 4.69) is 17.0 Å². The van der Waals surface area contributed by atoms with Crippen LogP contribution in [0.25, 0.3) is 11.1 Å². The van der Waals surface area contributed by atoms with Gasteiger partial charge < -0.3 is 10.2 Å². The van der Waals surface area contributed by atoms with Crippen LogP contribution in [0.1, 0.15) is 28.8 Å². The van der Waals surface area contributed by atoms with Crippen molar-refractivity contribution in [1.29, 1.82) is 0 Å². The van der Waals surface area contributed by atoms with Crippen molar-refractivity contribution in [3.63, 3.8) is 0 Å². The number of amides is 3. The van der Waals surface area contributed by atoms with Crippen molar-refractivity contribution in [3.8, 4) is 11.1 Å². The summed E-state index contributed by atoms with van der Waals surface area (Å²) >= 11 is 6.38. The van der Waals surface area contributed by atoms with Crippen LogP contribution in [0.4, 0.5) is 10.5 Å². The first-order valence-corrected chi connectivity index (χ1v) is 8.85. The number of benzene rings is 2. The van der Waals surface area contributed by atoms with E-state index in [9.17, 15) is 9.59 Å². The van der Waals surface area contributed by atoms with Crippen molar-refractivity contribution in [2.75, 3.05) is 18.4 Å². The van der Waals surface area contributed by atoms with E-state index in [0.717, 1.165) is 42.6 Å². The molecule has 3 rings (SSSR count). The Bertz CT molecular complexity index is 873. The zero-order valence-electron chi connectivity index (χ0n) is 14.6. The van der Waals surface area contributed by atoms with Crippen molar-refractivity contribution in [2.24, 2.45) is 4.99 Å². The van der Waals surface area contributed by atoms with Gasteiger partial charge in [0.05, 0.1) is 0 Å². The summed E-state index contributed by atoms with van der Waals surface area (Å²) in [6.07, 6.45) is 2.09. The van der Waals surface area contributed by atoms with Gasteiger partial charge in [0.25, 0.3) is 5.91 Å². The predicted molar refractivity (Wildman–Crippen MR) is 105 cm³/mol. The molecule has 5 nitrogen and oxygen atoms in total. The summed E-state index contributed by atoms with van der Waals surface area (Å²) < 4.78 is 0. The zero-order chi connectivity index (χ0) is 18.7. The van der Waals surface area contributed by atoms with E-state index in [1.807, 2.05) is 36.1 Å². The van der Waals surface area contributed by atoms with Gasteiger partial charge in [-0.05, 0) is 61.9 Å². The predicted octanol–water partition coefficient (Wildman–Crippen LogP) is 4.78. The molecule has 0 aromatic heterocycles. The minimum Gasteiger partial charge on any atom is -0.339 e. The number of nitrogens with one attached hydrogen (secondary N) is 1. The summed E-state index contributed by atoms with van der Waals surface area (Å²) in [5.74, 6) is 0.0249. The van der Waals surface area contributed by atoms with Crippen LogP contribution in [0.3, 0.4) is 0 Å². The Morgan fingerprint density at radius 1 is 1.15 bits per heavy atom. The average molecular weight is 370 g/mol. The van der Waals surface area contributed by atoms with Crippen LogP contribution in [0, 0.1) is 6.92 Å². The van der Waals surface area contributed by atoms with Crippen LogP contribution in [0.2, 0.25) is 5.02 Å². The lowest BCUT2D eigenvalue weighted by Gasteiger charge is -2.16. The lowest BCUT2D eigenvalue weighted by molar-refractivity contribution is 0.0793. The molecule has 0 saturated carbocycles. The number of anilines is 1. The van der Waals surface area contributed by atoms with Crippen LogP contribution in [0.5, 0.6) is 0 Å². The molecule has 6 heteroatoms. The Hall–Kier alpha value is -2.66. The van der Waals surface area contributed by atoms with Gasteiger partial charge in [0, 0.05) is 34.9 Å². The summed E-state index contributed by atoms with van der Waals surface area (Å²) in [6.45, 7) is 6.71. The van der Waals surface area contributed by atoms with Crippen LogP contribution >= 0.6 is 11.6 Å². The van der Waals surface area contributed by atoms with Crippen molar-refractivity contribution in [3.05, 3.63) is 52.5 Å². The second-order valence-corrected chi connectivity index (χ2v) is 6.72. The number of halogens is 1. The topological polar surface area (TPSA) is 61.8 Å². The lowest BCUT2D eigenvalue weighted by atomic mass is 10.00. The first-order valence-electron chi connectivity index (χ1n) is 8.47. The van der Waals surface area contributed by atoms with Gasteiger partial charge in [-0.25, -0.2) is 9.79 Å². The number of carbonyl (C=O) groups is 2. The van der Waals surface area contributed by atoms with E-state index in [-0.39, 0.29) is 5.91 Å². The van der Waals surface area contributed by atoms with Crippen LogP contribution in [-0.4, -0.2) is 36.6 Å². The third-order valence-corrected chi connectivity index (χ3v) is 4.87. The number of urea groups is 1. The standard InChI is InChI=1S/C20H20ClN3O2/c1-13-5-6-14(12-18(13)23-20(26)22-2)16-11-15(7-8-17(16)21)19(25)24-9-3-4-10-24/h5-8,11-12H,2-4,9-10H2,1H3,(H,23,26). The Labute approximate surface area is 157 Å². The Morgan fingerprint density at radius 3 is 2.58 bits per heavy atom. The quantitative estimate of drug-likeness (QED) is 0.791. The summed E-state index contributed by atoms with van der Waals surface area (Å²) in [7, 11) is 0. The molecule has 26 heavy (non-hydrogen) atoms. The fourth-order valence-corrected chi connectivity index (χ4v) is 3.29. The molecule has 1 N–H and O–H groups in total. The summed E-state index contributed by atoms with van der Waals surface area (Å²) in [5.41, 5.74) is 3.71. The summed E-state index contributed by atoms with van der Waals surface area (Å²) in [4.78, 5) is 29.4. The summed E-state index contributed by atoms with van der Waals surface area (Å²) in [5, 5.41) is 3.23. The van der Waals surface area contributed by atoms with Gasteiger partial charge in [-0.1, -0.05) is 23.7 Å². The molecular formula is C20H20ClN3O2. The molecule has 2 aromatic rings. The number of aliphatic imine (C=N–C) groups is 1. The van der Waals surface area contributed by atoms with Gasteiger partial charge in [-0.2, -0.15) is 0 Å². The average Bonchev–Trinajstić information content (AvgIpc) is 3.18. The molecule has 1 heterocycles. The number of nitrogens with zero attached hydrogens (tertiary/aromatic N) is 2. The van der Waals surface area contributed by atoms with E-state index in [1.54, 1.807) is 12.1 Å². The van der Waals surface area contributed by atoms with Gasteiger partial charge in [0.15, 0.2) is 0 Å². The fraction of sp³-hybridized carbons (Fsp3) is 0.250. The smallest absolute Gasteiger partial charge is 0.339 e. The third kappa shape index (κ3) is 3.78. The molecule has 0 atom stereocenters. The van der Waals surface area contributed by atoms with E-state index >= 15 is 0 Å². The molecule has 134 valence electrons. The second-order valence-electron chi connectivity index (χ2n) is 6.31. The van der Waals surface area contributed by atoms with Gasteiger partial charge >= 0.3 is 6.03 Å². The first kappa shape index (κ1) is 18.1. The highest BCUT2D eigenvalue weighted by molar-refractivity contribution is 6.33. The Morgan fingerprint density at radius 2 is 1.88 bits per heavy atom. The van der Waals surface area contributed by atoms with Gasteiger partial charge in [-0.3, -0.25) is 4.79 Å². The minimum atomic E-state index is -0.519. The molecule has 0 spiro atoms. The van der Waals surface area contributed by atoms with Gasteiger partial charge in [-0.15, -0.1) is 0 Å². The monoisotopic (exact) mass is 369 g/mol. The molecule has 1 aliphatic rings.